The minimum Gasteiger partial charge on any atom is -0.394 e. The summed E-state index contributed by atoms with van der Waals surface area (Å²) in [5, 5.41) is 46.2. The molecule has 0 unspecified atom stereocenters. The number of ether oxygens (including phenoxy) is 2. The summed E-state index contributed by atoms with van der Waals surface area (Å²) in [7, 11) is 0. The van der Waals surface area contributed by atoms with Crippen molar-refractivity contribution >= 4 is 23.2 Å². The Balaban J connectivity index is 0.000000196. The van der Waals surface area contributed by atoms with Crippen LogP contribution in [-0.4, -0.2) is 88.4 Å². The van der Waals surface area contributed by atoms with Crippen molar-refractivity contribution < 1.29 is 35.0 Å². The Kier molecular flexibility index (Phi) is 8.68. The molecule has 2 saturated heterocycles. The van der Waals surface area contributed by atoms with Gasteiger partial charge in [-0.3, -0.25) is 28.7 Å². The van der Waals surface area contributed by atoms with E-state index < -0.39 is 72.1 Å². The van der Waals surface area contributed by atoms with Crippen LogP contribution in [0.3, 0.4) is 0 Å². The fraction of sp³-hybridized carbons (Fsp3) is 0.556. The molecular weight excluding hydrogens is 519 g/mol. The predicted molar refractivity (Wildman–Crippen MR) is 117 cm³/mol. The van der Waals surface area contributed by atoms with Gasteiger partial charge in [0.05, 0.1) is 19.3 Å². The van der Waals surface area contributed by atoms with Crippen molar-refractivity contribution in [1.82, 2.24) is 19.1 Å². The van der Waals surface area contributed by atoms with E-state index in [0.717, 1.165) is 21.5 Å². The number of H-pyrrole nitrogens is 2. The third-order valence-corrected chi connectivity index (χ3v) is 5.87. The Hall–Kier alpha value is -2.34. The molecule has 4 heterocycles. The van der Waals surface area contributed by atoms with Gasteiger partial charge in [0, 0.05) is 18.8 Å². The van der Waals surface area contributed by atoms with E-state index in [1.165, 1.54) is 0 Å². The highest BCUT2D eigenvalue weighted by atomic mass is 35.5. The molecule has 4 rings (SSSR count). The molecule has 2 fully saturated rings. The van der Waals surface area contributed by atoms with Gasteiger partial charge in [0.2, 0.25) is 0 Å². The summed E-state index contributed by atoms with van der Waals surface area (Å²) < 4.78 is 12.3. The molecule has 15 nitrogen and oxygen atoms in total. The fourth-order valence-corrected chi connectivity index (χ4v) is 3.79. The fourth-order valence-electron chi connectivity index (χ4n) is 3.48. The summed E-state index contributed by atoms with van der Waals surface area (Å²) in [5.74, 6) is 0. The van der Waals surface area contributed by atoms with E-state index in [0.29, 0.717) is 0 Å². The molecule has 0 aliphatic carbocycles. The highest BCUT2D eigenvalue weighted by Crippen LogP contribution is 2.28. The van der Waals surface area contributed by atoms with Gasteiger partial charge in [-0.25, -0.2) is 9.59 Å². The normalized spacial score (nSPS) is 30.2. The van der Waals surface area contributed by atoms with Gasteiger partial charge in [0.15, 0.2) is 6.23 Å². The van der Waals surface area contributed by atoms with Crippen LogP contribution in [0, 0.1) is 0 Å². The van der Waals surface area contributed by atoms with Gasteiger partial charge in [-0.2, -0.15) is 0 Å². The van der Waals surface area contributed by atoms with Gasteiger partial charge in [-0.1, -0.05) is 23.2 Å². The van der Waals surface area contributed by atoms with Crippen LogP contribution >= 0.6 is 23.2 Å². The number of hydrogen-bond donors (Lipinski definition) is 7. The van der Waals surface area contributed by atoms with Crippen LogP contribution < -0.4 is 22.5 Å². The van der Waals surface area contributed by atoms with E-state index in [2.05, 4.69) is 0 Å². The number of halogens is 2. The summed E-state index contributed by atoms with van der Waals surface area (Å²) in [5.41, 5.74) is -2.94. The second-order valence-corrected chi connectivity index (χ2v) is 8.45. The first kappa shape index (κ1) is 27.3. The van der Waals surface area contributed by atoms with Crippen LogP contribution in [0.25, 0.3) is 0 Å². The zero-order valence-corrected chi connectivity index (χ0v) is 19.2. The predicted octanol–water partition coefficient (Wildman–Crippen LogP) is -3.37. The molecule has 7 atom stereocenters. The molecule has 2 aromatic rings. The highest BCUT2D eigenvalue weighted by molar-refractivity contribution is 6.30. The summed E-state index contributed by atoms with van der Waals surface area (Å²) in [4.78, 5) is 49.2. The van der Waals surface area contributed by atoms with Gasteiger partial charge in [0.25, 0.3) is 11.1 Å². The van der Waals surface area contributed by atoms with Crippen LogP contribution in [0.15, 0.2) is 31.6 Å². The van der Waals surface area contributed by atoms with Crippen molar-refractivity contribution in [1.29, 1.82) is 0 Å². The van der Waals surface area contributed by atoms with E-state index in [1.54, 1.807) is 0 Å². The standard InChI is InChI=1S/C9H11ClN2O6.C9H11ClN2O5/c10-3-1-12(9(17)11-7(3)16)8-6(15)5(14)4(2-13)18-8;10-4-2-12(9(16)11-8(4)15)7-1-5(14)6(3-13)17-7/h1,4-6,8,13-15H,2H2,(H,11,16,17);2,5-7,13-14H,1,3H2,(H,11,15,16)/t4-,5-,6-,8-;5-,6+,7+/m10/s1. The SMILES string of the molecule is O=c1[nH]c(=O)n([C@@H]2O[C@H](CO)[C@@H](O)[C@H]2O)cc1Cl.O=c1[nH]c(=O)n([C@H]2C[C@H](O)[C@@H](CO)O2)cc1Cl. The summed E-state index contributed by atoms with van der Waals surface area (Å²) in [6, 6.07) is 0. The molecule has 0 aromatic carbocycles. The lowest BCUT2D eigenvalue weighted by molar-refractivity contribution is -0.0550. The molecule has 0 saturated carbocycles. The van der Waals surface area contributed by atoms with Crippen LogP contribution in [0.1, 0.15) is 18.9 Å². The van der Waals surface area contributed by atoms with Gasteiger partial charge in [-0.05, 0) is 0 Å². The molecule has 0 radical (unpaired) electrons. The van der Waals surface area contributed by atoms with Crippen molar-refractivity contribution in [3.63, 3.8) is 0 Å². The van der Waals surface area contributed by atoms with Crippen molar-refractivity contribution in [2.75, 3.05) is 13.2 Å². The lowest BCUT2D eigenvalue weighted by Gasteiger charge is -2.17. The first-order chi connectivity index (χ1) is 16.5. The van der Waals surface area contributed by atoms with Crippen LogP contribution in [-0.2, 0) is 9.47 Å². The molecular formula is C18H22Cl2N4O11. The Morgan fingerprint density at radius 2 is 1.34 bits per heavy atom. The first-order valence-electron chi connectivity index (χ1n) is 10.1. The van der Waals surface area contributed by atoms with Crippen LogP contribution in [0.5, 0.6) is 0 Å². The zero-order valence-electron chi connectivity index (χ0n) is 17.7. The number of aromatic nitrogens is 4. The van der Waals surface area contributed by atoms with Gasteiger partial charge < -0.3 is 35.0 Å². The first-order valence-corrected chi connectivity index (χ1v) is 10.8. The van der Waals surface area contributed by atoms with Gasteiger partial charge in [-0.15, -0.1) is 0 Å². The number of nitrogens with one attached hydrogen (secondary N) is 2. The minimum atomic E-state index is -1.41. The summed E-state index contributed by atoms with van der Waals surface area (Å²) in [6.45, 7) is -0.857. The van der Waals surface area contributed by atoms with Crippen molar-refractivity contribution in [2.45, 2.75) is 49.4 Å². The number of rotatable bonds is 4. The summed E-state index contributed by atoms with van der Waals surface area (Å²) >= 11 is 11.2. The molecule has 0 spiro atoms. The average Bonchev–Trinajstić information content (AvgIpc) is 3.32. The molecule has 35 heavy (non-hydrogen) atoms. The topological polar surface area (TPSA) is 229 Å². The number of aromatic amines is 2. The Labute approximate surface area is 204 Å². The third kappa shape index (κ3) is 5.74. The minimum absolute atomic E-state index is 0.143. The number of aliphatic hydroxyl groups is 5. The molecule has 0 amide bonds. The smallest absolute Gasteiger partial charge is 0.330 e. The molecule has 2 aromatic heterocycles. The van der Waals surface area contributed by atoms with Crippen LogP contribution in [0.4, 0.5) is 0 Å². The Morgan fingerprint density at radius 1 is 0.829 bits per heavy atom. The second kappa shape index (κ2) is 11.2. The lowest BCUT2D eigenvalue weighted by atomic mass is 10.1. The molecule has 17 heteroatoms. The van der Waals surface area contributed by atoms with Gasteiger partial charge >= 0.3 is 11.4 Å². The van der Waals surface area contributed by atoms with Crippen molar-refractivity contribution in [3.8, 4) is 0 Å². The second-order valence-electron chi connectivity index (χ2n) is 7.63. The lowest BCUT2D eigenvalue weighted by Crippen LogP contribution is -2.38. The van der Waals surface area contributed by atoms with E-state index in [-0.39, 0.29) is 23.1 Å². The maximum Gasteiger partial charge on any atom is 0.330 e. The number of aliphatic hydroxyl groups excluding tert-OH is 5. The molecule has 0 bridgehead atoms. The van der Waals surface area contributed by atoms with Gasteiger partial charge in [0.1, 0.15) is 40.7 Å². The zero-order chi connectivity index (χ0) is 26.0. The maximum absolute atomic E-state index is 11.5. The molecule has 194 valence electrons. The molecule has 7 N–H and O–H groups in total. The van der Waals surface area contributed by atoms with Crippen molar-refractivity contribution in [3.05, 3.63) is 64.1 Å². The van der Waals surface area contributed by atoms with Crippen molar-refractivity contribution in [2.24, 2.45) is 0 Å². The van der Waals surface area contributed by atoms with E-state index in [4.69, 9.17) is 42.9 Å². The Morgan fingerprint density at radius 3 is 1.83 bits per heavy atom. The van der Waals surface area contributed by atoms with E-state index >= 15 is 0 Å². The maximum atomic E-state index is 11.5. The number of nitrogens with zero attached hydrogens (tertiary/aromatic N) is 2. The quantitative estimate of drug-likeness (QED) is 0.202. The average molecular weight is 541 g/mol. The van der Waals surface area contributed by atoms with Crippen LogP contribution in [0.2, 0.25) is 10.0 Å². The summed E-state index contributed by atoms with van der Waals surface area (Å²) in [6.07, 6.45) is -5.03. The van der Waals surface area contributed by atoms with E-state index in [9.17, 15) is 34.5 Å². The Bertz CT molecular complexity index is 1270. The van der Waals surface area contributed by atoms with E-state index in [1.807, 2.05) is 9.97 Å². The molecule has 2 aliphatic rings. The largest absolute Gasteiger partial charge is 0.394 e. The monoisotopic (exact) mass is 540 g/mol. The highest BCUT2D eigenvalue weighted by Gasteiger charge is 2.43. The number of hydrogen-bond acceptors (Lipinski definition) is 11. The molecule has 2 aliphatic heterocycles. The third-order valence-electron chi connectivity index (χ3n) is 5.33.